The minimum atomic E-state index is 0. The third-order valence-electron chi connectivity index (χ3n) is 2.83. The van der Waals surface area contributed by atoms with E-state index in [0.717, 1.165) is 23.4 Å². The largest absolute Gasteiger partial charge is 0.370 e. The second kappa shape index (κ2) is 8.17. The molecule has 0 saturated heterocycles. The van der Waals surface area contributed by atoms with E-state index in [1.165, 1.54) is 12.8 Å². The van der Waals surface area contributed by atoms with Crippen molar-refractivity contribution in [2.45, 2.75) is 31.7 Å². The molecule has 0 radical (unpaired) electrons. The zero-order valence-corrected chi connectivity index (χ0v) is 14.4. The molecule has 1 fully saturated rings. The molecule has 0 heterocycles. The van der Waals surface area contributed by atoms with Crippen LogP contribution in [0.15, 0.2) is 23.2 Å². The van der Waals surface area contributed by atoms with Gasteiger partial charge in [0, 0.05) is 22.6 Å². The summed E-state index contributed by atoms with van der Waals surface area (Å²) in [6, 6.07) is 6.14. The van der Waals surface area contributed by atoms with Crippen molar-refractivity contribution in [3.8, 4) is 0 Å². The van der Waals surface area contributed by atoms with Gasteiger partial charge in [-0.05, 0) is 43.4 Å². The van der Waals surface area contributed by atoms with Gasteiger partial charge in [0.1, 0.15) is 0 Å². The molecule has 0 aliphatic heterocycles. The van der Waals surface area contributed by atoms with Gasteiger partial charge in [0.2, 0.25) is 0 Å². The zero-order chi connectivity index (χ0) is 13.0. The fourth-order valence-corrected chi connectivity index (χ4v) is 2.18. The molecule has 0 amide bonds. The molecule has 1 aliphatic carbocycles. The van der Waals surface area contributed by atoms with Crippen molar-refractivity contribution in [3.63, 3.8) is 0 Å². The van der Waals surface area contributed by atoms with Gasteiger partial charge in [0.15, 0.2) is 5.96 Å². The van der Waals surface area contributed by atoms with Gasteiger partial charge in [-0.3, -0.25) is 4.99 Å². The van der Waals surface area contributed by atoms with Crippen molar-refractivity contribution < 1.29 is 0 Å². The van der Waals surface area contributed by atoms with Crippen molar-refractivity contribution in [2.75, 3.05) is 6.54 Å². The highest BCUT2D eigenvalue weighted by atomic mass is 127. The average Bonchev–Trinajstić information content (AvgIpc) is 3.10. The Labute approximate surface area is 141 Å². The monoisotopic (exact) mass is 413 g/mol. The van der Waals surface area contributed by atoms with Crippen molar-refractivity contribution >= 4 is 53.1 Å². The summed E-state index contributed by atoms with van der Waals surface area (Å²) in [6.45, 7) is 0.713. The second-order valence-electron chi connectivity index (χ2n) is 4.52. The maximum absolute atomic E-state index is 6.09. The molecule has 1 aromatic carbocycles. The number of guanidine groups is 1. The van der Waals surface area contributed by atoms with Gasteiger partial charge in [-0.2, -0.15) is 0 Å². The van der Waals surface area contributed by atoms with Gasteiger partial charge in [0.05, 0.1) is 0 Å². The molecule has 1 saturated carbocycles. The first-order valence-electron chi connectivity index (χ1n) is 6.15. The fraction of sp³-hybridized carbons (Fsp3) is 0.462. The van der Waals surface area contributed by atoms with E-state index < -0.39 is 0 Å². The Morgan fingerprint density at radius 3 is 2.74 bits per heavy atom. The summed E-state index contributed by atoms with van der Waals surface area (Å²) in [7, 11) is 0. The summed E-state index contributed by atoms with van der Waals surface area (Å²) in [5, 5.41) is 4.54. The van der Waals surface area contributed by atoms with Crippen molar-refractivity contribution in [1.82, 2.24) is 5.32 Å². The molecule has 3 N–H and O–H groups in total. The standard InChI is InChI=1S/C13H17Cl2N3.HI/c14-10-4-3-9(12(15)8-10)2-1-7-17-13(16)18-11-5-6-11;/h3-4,8,11H,1-2,5-7H2,(H3,16,17,18);1H. The highest BCUT2D eigenvalue weighted by molar-refractivity contribution is 14.0. The molecule has 0 bridgehead atoms. The van der Waals surface area contributed by atoms with E-state index in [2.05, 4.69) is 10.3 Å². The maximum atomic E-state index is 6.09. The third kappa shape index (κ3) is 6.19. The molecule has 19 heavy (non-hydrogen) atoms. The minimum Gasteiger partial charge on any atom is -0.370 e. The van der Waals surface area contributed by atoms with Crippen LogP contribution in [-0.2, 0) is 6.42 Å². The van der Waals surface area contributed by atoms with Crippen molar-refractivity contribution in [2.24, 2.45) is 10.7 Å². The predicted molar refractivity (Wildman–Crippen MR) is 92.8 cm³/mol. The Hall–Kier alpha value is -0.200. The Morgan fingerprint density at radius 2 is 2.11 bits per heavy atom. The van der Waals surface area contributed by atoms with Gasteiger partial charge >= 0.3 is 0 Å². The summed E-state index contributed by atoms with van der Waals surface area (Å²) in [6.07, 6.45) is 4.22. The van der Waals surface area contributed by atoms with Crippen LogP contribution in [0.25, 0.3) is 0 Å². The summed E-state index contributed by atoms with van der Waals surface area (Å²) in [5.74, 6) is 0.555. The first kappa shape index (κ1) is 16.9. The first-order chi connectivity index (χ1) is 8.65. The summed E-state index contributed by atoms with van der Waals surface area (Å²) >= 11 is 11.9. The molecular weight excluding hydrogens is 396 g/mol. The van der Waals surface area contributed by atoms with Gasteiger partial charge in [-0.25, -0.2) is 0 Å². The van der Waals surface area contributed by atoms with E-state index in [1.54, 1.807) is 6.07 Å². The number of benzene rings is 1. The lowest BCUT2D eigenvalue weighted by Crippen LogP contribution is -2.33. The van der Waals surface area contributed by atoms with E-state index in [1.807, 2.05) is 12.1 Å². The smallest absolute Gasteiger partial charge is 0.188 e. The van der Waals surface area contributed by atoms with Crippen LogP contribution in [0.5, 0.6) is 0 Å². The topological polar surface area (TPSA) is 50.4 Å². The molecule has 3 nitrogen and oxygen atoms in total. The molecule has 106 valence electrons. The van der Waals surface area contributed by atoms with Gasteiger partial charge < -0.3 is 11.1 Å². The fourth-order valence-electron chi connectivity index (χ4n) is 1.68. The number of aliphatic imine (C=N–C) groups is 1. The number of hydrogen-bond donors (Lipinski definition) is 2. The zero-order valence-electron chi connectivity index (χ0n) is 10.5. The number of rotatable bonds is 5. The number of aryl methyl sites for hydroxylation is 1. The van der Waals surface area contributed by atoms with E-state index in [9.17, 15) is 0 Å². The molecule has 2 rings (SSSR count). The number of nitrogens with one attached hydrogen (secondary N) is 1. The summed E-state index contributed by atoms with van der Waals surface area (Å²) in [4.78, 5) is 4.28. The second-order valence-corrected chi connectivity index (χ2v) is 5.37. The summed E-state index contributed by atoms with van der Waals surface area (Å²) in [5.41, 5.74) is 6.84. The number of hydrogen-bond acceptors (Lipinski definition) is 1. The van der Waals surface area contributed by atoms with Crippen LogP contribution in [-0.4, -0.2) is 18.5 Å². The summed E-state index contributed by atoms with van der Waals surface area (Å²) < 4.78 is 0. The Morgan fingerprint density at radius 1 is 1.37 bits per heavy atom. The quantitative estimate of drug-likeness (QED) is 0.335. The van der Waals surface area contributed by atoms with Crippen molar-refractivity contribution in [3.05, 3.63) is 33.8 Å². The van der Waals surface area contributed by atoms with Gasteiger partial charge in [-0.1, -0.05) is 29.3 Å². The molecule has 1 aromatic rings. The van der Waals surface area contributed by atoms with E-state index in [0.29, 0.717) is 23.6 Å². The maximum Gasteiger partial charge on any atom is 0.188 e. The Bertz CT molecular complexity index is 448. The number of nitrogens with two attached hydrogens (primary N) is 1. The van der Waals surface area contributed by atoms with Crippen LogP contribution in [0.3, 0.4) is 0 Å². The molecule has 0 unspecified atom stereocenters. The van der Waals surface area contributed by atoms with Crippen LogP contribution >= 0.6 is 47.2 Å². The lowest BCUT2D eigenvalue weighted by Gasteiger charge is -2.05. The number of halogens is 3. The van der Waals surface area contributed by atoms with E-state index >= 15 is 0 Å². The predicted octanol–water partition coefficient (Wildman–Crippen LogP) is 3.61. The van der Waals surface area contributed by atoms with Crippen LogP contribution < -0.4 is 11.1 Å². The van der Waals surface area contributed by atoms with E-state index in [4.69, 9.17) is 28.9 Å². The SMILES string of the molecule is I.NC(=NCCCc1ccc(Cl)cc1Cl)NC1CC1. The lowest BCUT2D eigenvalue weighted by atomic mass is 10.1. The van der Waals surface area contributed by atoms with Gasteiger partial charge in [-0.15, -0.1) is 24.0 Å². The third-order valence-corrected chi connectivity index (χ3v) is 3.42. The van der Waals surface area contributed by atoms with Crippen LogP contribution in [0, 0.1) is 0 Å². The molecule has 1 aliphatic rings. The molecule has 0 atom stereocenters. The van der Waals surface area contributed by atoms with Crippen molar-refractivity contribution in [1.29, 1.82) is 0 Å². The Balaban J connectivity index is 0.00000180. The average molecular weight is 414 g/mol. The van der Waals surface area contributed by atoms with Crippen LogP contribution in [0.4, 0.5) is 0 Å². The Kier molecular flexibility index (Phi) is 7.25. The van der Waals surface area contributed by atoms with Crippen LogP contribution in [0.1, 0.15) is 24.8 Å². The van der Waals surface area contributed by atoms with E-state index in [-0.39, 0.29) is 24.0 Å². The lowest BCUT2D eigenvalue weighted by molar-refractivity contribution is 0.813. The highest BCUT2D eigenvalue weighted by Gasteiger charge is 2.21. The first-order valence-corrected chi connectivity index (χ1v) is 6.91. The molecule has 0 spiro atoms. The molecule has 6 heteroatoms. The number of nitrogens with zero attached hydrogens (tertiary/aromatic N) is 1. The molecular formula is C13H18Cl2IN3. The van der Waals surface area contributed by atoms with Crippen LogP contribution in [0.2, 0.25) is 10.0 Å². The normalized spacial score (nSPS) is 14.9. The minimum absolute atomic E-state index is 0. The molecule has 0 aromatic heterocycles. The van der Waals surface area contributed by atoms with Gasteiger partial charge in [0.25, 0.3) is 0 Å². The highest BCUT2D eigenvalue weighted by Crippen LogP contribution is 2.22.